The minimum Gasteiger partial charge on any atom is -0.393 e. The standard InChI is InChI=1S/C29H46N2O3/c1-19(5-10-26(33)31-16-15-30(4)27(34)18-31)23-8-9-24-22-7-6-20-17-21(32)11-13-28(20,2)25(22)12-14-29(23,24)3/h6,19,21-25,32H,5,7-18H2,1-4H3/t19-,21+,22+,23-,24+,25+,28+,29-/m1/s1. The van der Waals surface area contributed by atoms with Crippen molar-refractivity contribution in [2.24, 2.45) is 40.4 Å². The number of allylic oxidation sites excluding steroid dienone is 1. The van der Waals surface area contributed by atoms with E-state index in [1.54, 1.807) is 15.4 Å². The van der Waals surface area contributed by atoms with Gasteiger partial charge in [0.25, 0.3) is 0 Å². The van der Waals surface area contributed by atoms with Crippen LogP contribution in [0.4, 0.5) is 0 Å². The van der Waals surface area contributed by atoms with Gasteiger partial charge in [-0.3, -0.25) is 9.59 Å². The Hall–Kier alpha value is -1.36. The summed E-state index contributed by atoms with van der Waals surface area (Å²) in [6.07, 6.45) is 13.4. The molecule has 5 heteroatoms. The fourth-order valence-corrected chi connectivity index (χ4v) is 9.30. The molecule has 0 unspecified atom stereocenters. The van der Waals surface area contributed by atoms with E-state index >= 15 is 0 Å². The summed E-state index contributed by atoms with van der Waals surface area (Å²) in [7, 11) is 1.82. The zero-order valence-electron chi connectivity index (χ0n) is 21.9. The van der Waals surface area contributed by atoms with E-state index in [-0.39, 0.29) is 24.5 Å². The number of amides is 2. The molecule has 3 saturated carbocycles. The van der Waals surface area contributed by atoms with Crippen molar-refractivity contribution in [2.75, 3.05) is 26.7 Å². The lowest BCUT2D eigenvalue weighted by atomic mass is 9.47. The van der Waals surface area contributed by atoms with Gasteiger partial charge in [-0.15, -0.1) is 0 Å². The van der Waals surface area contributed by atoms with Crippen LogP contribution in [0.5, 0.6) is 0 Å². The molecule has 4 aliphatic carbocycles. The van der Waals surface area contributed by atoms with E-state index in [2.05, 4.69) is 26.8 Å². The van der Waals surface area contributed by atoms with E-state index in [1.165, 1.54) is 32.1 Å². The van der Waals surface area contributed by atoms with Gasteiger partial charge < -0.3 is 14.9 Å². The number of aliphatic hydroxyl groups excluding tert-OH is 1. The third-order valence-electron chi connectivity index (χ3n) is 11.5. The van der Waals surface area contributed by atoms with Crippen molar-refractivity contribution < 1.29 is 14.7 Å². The Morgan fingerprint density at radius 2 is 1.94 bits per heavy atom. The highest BCUT2D eigenvalue weighted by Crippen LogP contribution is 2.67. The van der Waals surface area contributed by atoms with Crippen LogP contribution in [0.25, 0.3) is 0 Å². The van der Waals surface area contributed by atoms with Crippen LogP contribution in [-0.4, -0.2) is 59.5 Å². The van der Waals surface area contributed by atoms with Crippen molar-refractivity contribution in [3.63, 3.8) is 0 Å². The zero-order chi connectivity index (χ0) is 24.3. The zero-order valence-corrected chi connectivity index (χ0v) is 21.9. The molecule has 1 N–H and O–H groups in total. The van der Waals surface area contributed by atoms with Crippen LogP contribution in [0.2, 0.25) is 0 Å². The van der Waals surface area contributed by atoms with Gasteiger partial charge in [0.05, 0.1) is 12.6 Å². The molecule has 0 radical (unpaired) electrons. The minimum atomic E-state index is -0.131. The highest BCUT2D eigenvalue weighted by atomic mass is 16.3. The van der Waals surface area contributed by atoms with Crippen LogP contribution in [0, 0.1) is 40.4 Å². The molecule has 0 aromatic carbocycles. The van der Waals surface area contributed by atoms with Crippen LogP contribution in [-0.2, 0) is 9.59 Å². The Morgan fingerprint density at radius 1 is 1.15 bits per heavy atom. The summed E-state index contributed by atoms with van der Waals surface area (Å²) in [6, 6.07) is 0. The minimum absolute atomic E-state index is 0.0569. The Bertz CT molecular complexity index is 854. The van der Waals surface area contributed by atoms with Crippen molar-refractivity contribution in [1.82, 2.24) is 9.80 Å². The fraction of sp³-hybridized carbons (Fsp3) is 0.862. The molecule has 1 heterocycles. The first kappa shape index (κ1) is 24.3. The average Bonchev–Trinajstić information content (AvgIpc) is 3.17. The van der Waals surface area contributed by atoms with E-state index in [0.717, 1.165) is 43.4 Å². The van der Waals surface area contributed by atoms with Crippen molar-refractivity contribution in [1.29, 1.82) is 0 Å². The summed E-state index contributed by atoms with van der Waals surface area (Å²) in [4.78, 5) is 28.4. The van der Waals surface area contributed by atoms with Gasteiger partial charge in [0.1, 0.15) is 0 Å². The second kappa shape index (κ2) is 8.94. The van der Waals surface area contributed by atoms with Gasteiger partial charge in [-0.05, 0) is 98.2 Å². The number of hydrogen-bond acceptors (Lipinski definition) is 3. The van der Waals surface area contributed by atoms with Gasteiger partial charge in [0, 0.05) is 26.6 Å². The molecule has 5 rings (SSSR count). The summed E-state index contributed by atoms with van der Waals surface area (Å²) in [5, 5.41) is 10.3. The second-order valence-corrected chi connectivity index (χ2v) is 13.0. The molecule has 5 nitrogen and oxygen atoms in total. The van der Waals surface area contributed by atoms with Crippen LogP contribution >= 0.6 is 0 Å². The number of fused-ring (bicyclic) bond motifs is 5. The average molecular weight is 471 g/mol. The van der Waals surface area contributed by atoms with Crippen molar-refractivity contribution >= 4 is 11.8 Å². The number of piperazine rings is 1. The molecule has 0 bridgehead atoms. The largest absolute Gasteiger partial charge is 0.393 e. The normalized spacial score (nSPS) is 43.0. The molecule has 4 fully saturated rings. The molecule has 34 heavy (non-hydrogen) atoms. The van der Waals surface area contributed by atoms with E-state index in [0.29, 0.717) is 42.2 Å². The SMILES string of the molecule is C[C@H](CCC(=O)N1CCN(C)C(=O)C1)[C@H]1CC[C@H]2[C@@H]3CC=C4C[C@@H](O)CC[C@]4(C)[C@H]3CC[C@]12C. The van der Waals surface area contributed by atoms with E-state index in [1.807, 2.05) is 7.05 Å². The second-order valence-electron chi connectivity index (χ2n) is 13.0. The van der Waals surface area contributed by atoms with Crippen LogP contribution < -0.4 is 0 Å². The first-order valence-corrected chi connectivity index (χ1v) is 14.0. The number of likely N-dealkylation sites (N-methyl/N-ethyl adjacent to an activating group) is 1. The summed E-state index contributed by atoms with van der Waals surface area (Å²) in [5.41, 5.74) is 2.25. The molecule has 0 aromatic heterocycles. The number of carbonyl (C=O) groups is 2. The number of carbonyl (C=O) groups excluding carboxylic acids is 2. The van der Waals surface area contributed by atoms with Gasteiger partial charge in [-0.25, -0.2) is 0 Å². The predicted octanol–water partition coefficient (Wildman–Crippen LogP) is 4.64. The lowest BCUT2D eigenvalue weighted by Gasteiger charge is -2.58. The molecule has 1 aliphatic heterocycles. The molecule has 1 saturated heterocycles. The van der Waals surface area contributed by atoms with Gasteiger partial charge in [0.15, 0.2) is 0 Å². The van der Waals surface area contributed by atoms with Gasteiger partial charge >= 0.3 is 0 Å². The summed E-state index contributed by atoms with van der Waals surface area (Å²) < 4.78 is 0. The monoisotopic (exact) mass is 470 g/mol. The van der Waals surface area contributed by atoms with Crippen LogP contribution in [0.1, 0.15) is 85.0 Å². The smallest absolute Gasteiger partial charge is 0.241 e. The van der Waals surface area contributed by atoms with Crippen LogP contribution in [0.3, 0.4) is 0 Å². The Balaban J connectivity index is 1.23. The molecule has 5 aliphatic rings. The number of hydrogen-bond donors (Lipinski definition) is 1. The summed E-state index contributed by atoms with van der Waals surface area (Å²) in [6.45, 7) is 9.05. The maximum Gasteiger partial charge on any atom is 0.241 e. The maximum atomic E-state index is 12.8. The Kier molecular flexibility index (Phi) is 6.40. The lowest BCUT2D eigenvalue weighted by Crippen LogP contribution is -2.51. The van der Waals surface area contributed by atoms with Gasteiger partial charge in [0.2, 0.25) is 11.8 Å². The molecular weight excluding hydrogens is 424 g/mol. The fourth-order valence-electron chi connectivity index (χ4n) is 9.30. The van der Waals surface area contributed by atoms with Gasteiger partial charge in [-0.1, -0.05) is 32.4 Å². The first-order chi connectivity index (χ1) is 16.1. The van der Waals surface area contributed by atoms with Crippen LogP contribution in [0.15, 0.2) is 11.6 Å². The quantitative estimate of drug-likeness (QED) is 0.609. The number of nitrogens with zero attached hydrogens (tertiary/aromatic N) is 2. The molecular formula is C29H46N2O3. The van der Waals surface area contributed by atoms with Crippen molar-refractivity contribution in [3.05, 3.63) is 11.6 Å². The molecule has 8 atom stereocenters. The number of aliphatic hydroxyl groups is 1. The van der Waals surface area contributed by atoms with E-state index in [9.17, 15) is 14.7 Å². The third kappa shape index (κ3) is 3.94. The number of rotatable bonds is 4. The maximum absolute atomic E-state index is 12.8. The predicted molar refractivity (Wildman–Crippen MR) is 134 cm³/mol. The lowest BCUT2D eigenvalue weighted by molar-refractivity contribution is -0.144. The summed E-state index contributed by atoms with van der Waals surface area (Å²) in [5.74, 6) is 3.84. The van der Waals surface area contributed by atoms with Gasteiger partial charge in [-0.2, -0.15) is 0 Å². The summed E-state index contributed by atoms with van der Waals surface area (Å²) >= 11 is 0. The van der Waals surface area contributed by atoms with Crippen molar-refractivity contribution in [3.8, 4) is 0 Å². The molecule has 0 spiro atoms. The molecule has 190 valence electrons. The Labute approximate surface area is 206 Å². The molecule has 0 aromatic rings. The van der Waals surface area contributed by atoms with E-state index in [4.69, 9.17) is 0 Å². The third-order valence-corrected chi connectivity index (χ3v) is 11.5. The highest BCUT2D eigenvalue weighted by molar-refractivity contribution is 5.85. The first-order valence-electron chi connectivity index (χ1n) is 14.0. The highest BCUT2D eigenvalue weighted by Gasteiger charge is 2.59. The van der Waals surface area contributed by atoms with E-state index < -0.39 is 0 Å². The molecule has 2 amide bonds. The topological polar surface area (TPSA) is 60.9 Å². The Morgan fingerprint density at radius 3 is 2.71 bits per heavy atom. The van der Waals surface area contributed by atoms with Crippen molar-refractivity contribution in [2.45, 2.75) is 91.1 Å².